The molecule has 0 saturated heterocycles. The first-order valence-corrected chi connectivity index (χ1v) is 10.7. The van der Waals surface area contributed by atoms with Crippen LogP contribution in [0.2, 0.25) is 0 Å². The third-order valence-electron chi connectivity index (χ3n) is 4.89. The Hall–Kier alpha value is -3.82. The number of amides is 5. The number of nitrogens with one attached hydrogen (secondary N) is 3. The first kappa shape index (κ1) is 25.4. The summed E-state index contributed by atoms with van der Waals surface area (Å²) in [5.41, 5.74) is 0.900. The number of unbranched alkanes of at least 4 members (excludes halogenated alkanes) is 2. The molecule has 10 heteroatoms. The van der Waals surface area contributed by atoms with Crippen molar-refractivity contribution in [2.75, 3.05) is 19.6 Å². The maximum atomic E-state index is 12.0. The zero-order valence-corrected chi connectivity index (χ0v) is 18.2. The van der Waals surface area contributed by atoms with Crippen LogP contribution in [-0.4, -0.2) is 66.4 Å². The van der Waals surface area contributed by atoms with Crippen LogP contribution in [0.1, 0.15) is 31.2 Å². The van der Waals surface area contributed by atoms with E-state index in [1.165, 1.54) is 12.2 Å². The number of aldehydes is 1. The standard InChI is InChI=1S/C23H28N4O6/c28-16-18(13-17-7-3-1-4-8-17)26-21(31)15-25-20(30)14-24-19(29)9-5-2-6-12-27-22(32)10-11-23(27)33/h1,3-4,7-8,10-11,16,18H,2,5-6,9,12-15H2,(H,24,29)(H,25,30)(H,26,31). The highest BCUT2D eigenvalue weighted by Crippen LogP contribution is 2.07. The van der Waals surface area contributed by atoms with E-state index < -0.39 is 17.9 Å². The summed E-state index contributed by atoms with van der Waals surface area (Å²) in [5.74, 6) is -1.99. The fourth-order valence-corrected chi connectivity index (χ4v) is 3.15. The molecule has 1 heterocycles. The van der Waals surface area contributed by atoms with Gasteiger partial charge in [-0.3, -0.25) is 28.9 Å². The number of carbonyl (C=O) groups is 6. The van der Waals surface area contributed by atoms with Gasteiger partial charge in [0.2, 0.25) is 17.7 Å². The van der Waals surface area contributed by atoms with Gasteiger partial charge in [0.25, 0.3) is 11.8 Å². The van der Waals surface area contributed by atoms with Crippen LogP contribution in [0.5, 0.6) is 0 Å². The van der Waals surface area contributed by atoms with Crippen molar-refractivity contribution < 1.29 is 28.8 Å². The Kier molecular flexibility index (Phi) is 10.5. The topological polar surface area (TPSA) is 142 Å². The fourth-order valence-electron chi connectivity index (χ4n) is 3.15. The first-order valence-electron chi connectivity index (χ1n) is 10.7. The van der Waals surface area contributed by atoms with E-state index in [4.69, 9.17) is 0 Å². The molecular weight excluding hydrogens is 428 g/mol. The maximum Gasteiger partial charge on any atom is 0.253 e. The molecular formula is C23H28N4O6. The molecule has 0 fully saturated rings. The van der Waals surface area contributed by atoms with Gasteiger partial charge in [-0.15, -0.1) is 0 Å². The van der Waals surface area contributed by atoms with Crippen LogP contribution in [0.25, 0.3) is 0 Å². The van der Waals surface area contributed by atoms with Crippen LogP contribution >= 0.6 is 0 Å². The number of rotatable bonds is 14. The second kappa shape index (κ2) is 13.6. The molecule has 10 nitrogen and oxygen atoms in total. The van der Waals surface area contributed by atoms with Crippen LogP contribution in [0.4, 0.5) is 0 Å². The minimum absolute atomic E-state index is 0.203. The van der Waals surface area contributed by atoms with Crippen LogP contribution in [-0.2, 0) is 35.2 Å². The highest BCUT2D eigenvalue weighted by Gasteiger charge is 2.22. The van der Waals surface area contributed by atoms with Crippen molar-refractivity contribution in [2.45, 2.75) is 38.1 Å². The summed E-state index contributed by atoms with van der Waals surface area (Å²) in [7, 11) is 0. The third kappa shape index (κ3) is 9.46. The Bertz CT molecular complexity index is 881. The van der Waals surface area contributed by atoms with Crippen molar-refractivity contribution in [1.82, 2.24) is 20.9 Å². The molecule has 0 spiro atoms. The largest absolute Gasteiger partial charge is 0.347 e. The number of imide groups is 1. The molecule has 1 aliphatic heterocycles. The van der Waals surface area contributed by atoms with E-state index in [0.717, 1.165) is 10.5 Å². The molecule has 1 aliphatic rings. The lowest BCUT2D eigenvalue weighted by molar-refractivity contribution is -0.137. The lowest BCUT2D eigenvalue weighted by Crippen LogP contribution is -2.45. The lowest BCUT2D eigenvalue weighted by atomic mass is 10.1. The van der Waals surface area contributed by atoms with Gasteiger partial charge in [0.15, 0.2) is 0 Å². The molecule has 33 heavy (non-hydrogen) atoms. The molecule has 3 N–H and O–H groups in total. The number of nitrogens with zero attached hydrogens (tertiary/aromatic N) is 1. The second-order valence-electron chi connectivity index (χ2n) is 7.53. The van der Waals surface area contributed by atoms with Gasteiger partial charge in [-0.1, -0.05) is 36.8 Å². The zero-order chi connectivity index (χ0) is 24.1. The van der Waals surface area contributed by atoms with Crippen molar-refractivity contribution in [3.8, 4) is 0 Å². The number of hydrogen-bond acceptors (Lipinski definition) is 6. The monoisotopic (exact) mass is 456 g/mol. The maximum absolute atomic E-state index is 12.0. The molecule has 1 aromatic rings. The highest BCUT2D eigenvalue weighted by molar-refractivity contribution is 6.12. The molecule has 5 amide bonds. The van der Waals surface area contributed by atoms with Crippen molar-refractivity contribution >= 4 is 35.8 Å². The van der Waals surface area contributed by atoms with Gasteiger partial charge in [-0.05, 0) is 24.8 Å². The summed E-state index contributed by atoms with van der Waals surface area (Å²) in [6.45, 7) is -0.264. The molecule has 1 aromatic carbocycles. The summed E-state index contributed by atoms with van der Waals surface area (Å²) in [4.78, 5) is 70.8. The van der Waals surface area contributed by atoms with Crippen molar-refractivity contribution in [3.63, 3.8) is 0 Å². The average Bonchev–Trinajstić information content (AvgIpc) is 3.13. The first-order chi connectivity index (χ1) is 15.9. The SMILES string of the molecule is O=CC(Cc1ccccc1)NC(=O)CNC(=O)CNC(=O)CCCCCN1C(=O)C=CC1=O. The molecule has 0 radical (unpaired) electrons. The Morgan fingerprint density at radius 2 is 1.48 bits per heavy atom. The van der Waals surface area contributed by atoms with Gasteiger partial charge in [0.1, 0.15) is 6.29 Å². The Labute approximate surface area is 191 Å². The lowest BCUT2D eigenvalue weighted by Gasteiger charge is -2.13. The number of hydrogen-bond donors (Lipinski definition) is 3. The molecule has 0 aromatic heterocycles. The van der Waals surface area contributed by atoms with Gasteiger partial charge in [0.05, 0.1) is 19.1 Å². The predicted molar refractivity (Wildman–Crippen MR) is 118 cm³/mol. The summed E-state index contributed by atoms with van der Waals surface area (Å²) in [6.07, 6.45) is 5.45. The van der Waals surface area contributed by atoms with Crippen LogP contribution < -0.4 is 16.0 Å². The van der Waals surface area contributed by atoms with Gasteiger partial charge < -0.3 is 20.7 Å². The number of benzene rings is 1. The van der Waals surface area contributed by atoms with E-state index >= 15 is 0 Å². The Morgan fingerprint density at radius 3 is 2.15 bits per heavy atom. The van der Waals surface area contributed by atoms with Gasteiger partial charge in [-0.25, -0.2) is 0 Å². The molecule has 1 atom stereocenters. The van der Waals surface area contributed by atoms with E-state index in [2.05, 4.69) is 16.0 Å². The van der Waals surface area contributed by atoms with Gasteiger partial charge in [0, 0.05) is 25.1 Å². The summed E-state index contributed by atoms with van der Waals surface area (Å²) < 4.78 is 0. The minimum atomic E-state index is -0.700. The van der Waals surface area contributed by atoms with E-state index in [9.17, 15) is 28.8 Å². The third-order valence-corrected chi connectivity index (χ3v) is 4.89. The van der Waals surface area contributed by atoms with Crippen molar-refractivity contribution in [2.24, 2.45) is 0 Å². The molecule has 0 bridgehead atoms. The summed E-state index contributed by atoms with van der Waals surface area (Å²) >= 11 is 0. The Balaban J connectivity index is 1.53. The predicted octanol–water partition coefficient (Wildman–Crippen LogP) is -0.369. The summed E-state index contributed by atoms with van der Waals surface area (Å²) in [6, 6.07) is 8.52. The van der Waals surface area contributed by atoms with E-state index in [1.807, 2.05) is 30.3 Å². The minimum Gasteiger partial charge on any atom is -0.347 e. The highest BCUT2D eigenvalue weighted by atomic mass is 16.2. The van der Waals surface area contributed by atoms with Crippen molar-refractivity contribution in [3.05, 3.63) is 48.0 Å². The van der Waals surface area contributed by atoms with Gasteiger partial charge in [-0.2, -0.15) is 0 Å². The van der Waals surface area contributed by atoms with Crippen LogP contribution in [0.3, 0.4) is 0 Å². The molecule has 0 aliphatic carbocycles. The average molecular weight is 456 g/mol. The molecule has 1 unspecified atom stereocenters. The smallest absolute Gasteiger partial charge is 0.253 e. The normalized spacial score (nSPS) is 13.5. The zero-order valence-electron chi connectivity index (χ0n) is 18.2. The fraction of sp³-hybridized carbons (Fsp3) is 0.391. The van der Waals surface area contributed by atoms with Crippen LogP contribution in [0, 0.1) is 0 Å². The van der Waals surface area contributed by atoms with Gasteiger partial charge >= 0.3 is 0 Å². The van der Waals surface area contributed by atoms with E-state index in [0.29, 0.717) is 38.5 Å². The Morgan fingerprint density at radius 1 is 0.848 bits per heavy atom. The van der Waals surface area contributed by atoms with Crippen molar-refractivity contribution in [1.29, 1.82) is 0 Å². The molecule has 2 rings (SSSR count). The summed E-state index contributed by atoms with van der Waals surface area (Å²) in [5, 5.41) is 7.40. The molecule has 176 valence electrons. The van der Waals surface area contributed by atoms with Crippen LogP contribution in [0.15, 0.2) is 42.5 Å². The van der Waals surface area contributed by atoms with E-state index in [1.54, 1.807) is 0 Å². The second-order valence-corrected chi connectivity index (χ2v) is 7.53. The number of carbonyl (C=O) groups excluding carboxylic acids is 6. The van der Waals surface area contributed by atoms with E-state index in [-0.39, 0.29) is 37.2 Å². The molecule has 0 saturated carbocycles. The quantitative estimate of drug-likeness (QED) is 0.198.